The van der Waals surface area contributed by atoms with Crippen LogP contribution in [0.5, 0.6) is 5.75 Å². The number of rotatable bonds is 12. The van der Waals surface area contributed by atoms with Gasteiger partial charge in [0.05, 0.1) is 23.8 Å². The van der Waals surface area contributed by atoms with Crippen LogP contribution in [0.25, 0.3) is 11.4 Å². The monoisotopic (exact) mass is 540 g/mol. The number of nitrogens with one attached hydrogen (secondary N) is 1. The Hall–Kier alpha value is -3.60. The minimum atomic E-state index is -0.696. The summed E-state index contributed by atoms with van der Waals surface area (Å²) >= 11 is 0. The lowest BCUT2D eigenvalue weighted by Crippen LogP contribution is -2.34. The third-order valence-corrected chi connectivity index (χ3v) is 6.61. The Morgan fingerprint density at radius 2 is 1.97 bits per heavy atom. The van der Waals surface area contributed by atoms with E-state index < -0.39 is 17.8 Å². The standard InChI is InChI=1S/C28H37FN6O4/c1-18(2)13-25-33-26(34-39-25)21-16-31-28(32-17-21)35-10-8-20(9-11-35)5-4-12-38-22-6-7-23(24(29)14-22)27(37)30-15-19(3)36/h6-7,14,16-20,36H,4-5,8-13,15H2,1-3H3,(H,30,37)/t19-/m1/s1. The van der Waals surface area contributed by atoms with Crippen molar-refractivity contribution in [3.8, 4) is 17.1 Å². The van der Waals surface area contributed by atoms with Crippen LogP contribution in [-0.4, -0.2) is 63.5 Å². The first-order valence-corrected chi connectivity index (χ1v) is 13.6. The highest BCUT2D eigenvalue weighted by atomic mass is 19.1. The van der Waals surface area contributed by atoms with E-state index in [1.165, 1.54) is 12.1 Å². The highest BCUT2D eigenvalue weighted by Gasteiger charge is 2.21. The maximum Gasteiger partial charge on any atom is 0.254 e. The summed E-state index contributed by atoms with van der Waals surface area (Å²) in [4.78, 5) is 27.7. The Morgan fingerprint density at radius 3 is 2.64 bits per heavy atom. The van der Waals surface area contributed by atoms with E-state index >= 15 is 0 Å². The molecule has 0 saturated carbocycles. The van der Waals surface area contributed by atoms with E-state index in [9.17, 15) is 14.3 Å². The van der Waals surface area contributed by atoms with Crippen molar-refractivity contribution >= 4 is 11.9 Å². The van der Waals surface area contributed by atoms with Gasteiger partial charge in [-0.05, 0) is 56.6 Å². The molecule has 1 amide bonds. The van der Waals surface area contributed by atoms with Gasteiger partial charge in [0, 0.05) is 44.5 Å². The van der Waals surface area contributed by atoms with Crippen molar-refractivity contribution in [2.45, 2.75) is 59.0 Å². The molecule has 1 atom stereocenters. The number of aliphatic hydroxyl groups excluding tert-OH is 1. The highest BCUT2D eigenvalue weighted by molar-refractivity contribution is 5.94. The number of carbonyl (C=O) groups is 1. The first-order chi connectivity index (χ1) is 18.8. The maximum atomic E-state index is 14.3. The molecule has 0 aliphatic carbocycles. The highest BCUT2D eigenvalue weighted by Crippen LogP contribution is 2.25. The second-order valence-electron chi connectivity index (χ2n) is 10.5. The number of ether oxygens (including phenoxy) is 1. The molecule has 39 heavy (non-hydrogen) atoms. The van der Waals surface area contributed by atoms with Crippen molar-refractivity contribution in [2.75, 3.05) is 31.1 Å². The molecule has 1 saturated heterocycles. The lowest BCUT2D eigenvalue weighted by Gasteiger charge is -2.32. The van der Waals surface area contributed by atoms with Crippen molar-refractivity contribution in [3.63, 3.8) is 0 Å². The summed E-state index contributed by atoms with van der Waals surface area (Å²) in [7, 11) is 0. The van der Waals surface area contributed by atoms with Crippen molar-refractivity contribution in [1.82, 2.24) is 25.4 Å². The van der Waals surface area contributed by atoms with Crippen molar-refractivity contribution in [3.05, 3.63) is 47.9 Å². The Labute approximate surface area is 228 Å². The number of aliphatic hydroxyl groups is 1. The molecule has 1 aliphatic rings. The summed E-state index contributed by atoms with van der Waals surface area (Å²) in [5.74, 6) is 2.05. The van der Waals surface area contributed by atoms with Gasteiger partial charge in [-0.2, -0.15) is 4.98 Å². The average Bonchev–Trinajstić information content (AvgIpc) is 3.38. The number of hydrogen-bond donors (Lipinski definition) is 2. The van der Waals surface area contributed by atoms with Crippen LogP contribution in [0.15, 0.2) is 35.1 Å². The second-order valence-corrected chi connectivity index (χ2v) is 10.5. The molecule has 0 spiro atoms. The van der Waals surface area contributed by atoms with Crippen LogP contribution in [0.4, 0.5) is 10.3 Å². The number of hydrogen-bond acceptors (Lipinski definition) is 9. The molecule has 11 heteroatoms. The third-order valence-electron chi connectivity index (χ3n) is 6.61. The first-order valence-electron chi connectivity index (χ1n) is 13.6. The van der Waals surface area contributed by atoms with Gasteiger partial charge in [0.1, 0.15) is 11.6 Å². The first kappa shape index (κ1) is 28.4. The molecule has 10 nitrogen and oxygen atoms in total. The summed E-state index contributed by atoms with van der Waals surface area (Å²) in [5, 5.41) is 15.8. The number of aromatic nitrogens is 4. The zero-order chi connectivity index (χ0) is 27.8. The minimum absolute atomic E-state index is 0.0651. The Balaban J connectivity index is 1.17. The molecular formula is C28H37FN6O4. The van der Waals surface area contributed by atoms with Crippen molar-refractivity contribution in [1.29, 1.82) is 0 Å². The molecule has 1 aromatic carbocycles. The van der Waals surface area contributed by atoms with Gasteiger partial charge in [-0.1, -0.05) is 19.0 Å². The van der Waals surface area contributed by atoms with Crippen LogP contribution in [0.1, 0.15) is 62.7 Å². The lowest BCUT2D eigenvalue weighted by atomic mass is 9.92. The van der Waals surface area contributed by atoms with Crippen LogP contribution in [0, 0.1) is 17.7 Å². The van der Waals surface area contributed by atoms with Gasteiger partial charge in [-0.25, -0.2) is 14.4 Å². The fourth-order valence-electron chi connectivity index (χ4n) is 4.49. The quantitative estimate of drug-likeness (QED) is 0.327. The van der Waals surface area contributed by atoms with Crippen molar-refractivity contribution < 1.29 is 23.6 Å². The molecule has 4 rings (SSSR count). The lowest BCUT2D eigenvalue weighted by molar-refractivity contribution is 0.0920. The van der Waals surface area contributed by atoms with E-state index in [1.54, 1.807) is 25.4 Å². The summed E-state index contributed by atoms with van der Waals surface area (Å²) in [6.07, 6.45) is 7.49. The molecular weight excluding hydrogens is 503 g/mol. The van der Waals surface area contributed by atoms with Gasteiger partial charge < -0.3 is 24.6 Å². The molecule has 210 valence electrons. The number of anilines is 1. The molecule has 2 N–H and O–H groups in total. The van der Waals surface area contributed by atoms with Gasteiger partial charge in [0.2, 0.25) is 17.7 Å². The zero-order valence-corrected chi connectivity index (χ0v) is 22.8. The van der Waals surface area contributed by atoms with E-state index in [1.807, 2.05) is 0 Å². The number of carbonyl (C=O) groups excluding carboxylic acids is 1. The van der Waals surface area contributed by atoms with Crippen LogP contribution in [0.3, 0.4) is 0 Å². The molecule has 1 aliphatic heterocycles. The number of benzene rings is 1. The topological polar surface area (TPSA) is 126 Å². The smallest absolute Gasteiger partial charge is 0.254 e. The van der Waals surface area contributed by atoms with E-state index in [4.69, 9.17) is 9.26 Å². The Bertz CT molecular complexity index is 1210. The summed E-state index contributed by atoms with van der Waals surface area (Å²) in [5.41, 5.74) is 0.667. The molecule has 0 unspecified atom stereocenters. The largest absolute Gasteiger partial charge is 0.493 e. The van der Waals surface area contributed by atoms with Gasteiger partial charge in [-0.15, -0.1) is 0 Å². The minimum Gasteiger partial charge on any atom is -0.493 e. The average molecular weight is 541 g/mol. The van der Waals surface area contributed by atoms with E-state index in [0.29, 0.717) is 41.9 Å². The Kier molecular flexibility index (Phi) is 9.80. The number of halogens is 1. The summed E-state index contributed by atoms with van der Waals surface area (Å²) in [6.45, 7) is 8.07. The van der Waals surface area contributed by atoms with Crippen LogP contribution in [-0.2, 0) is 6.42 Å². The molecule has 2 aromatic heterocycles. The van der Waals surface area contributed by atoms with E-state index in [0.717, 1.165) is 50.8 Å². The number of nitrogens with zero attached hydrogens (tertiary/aromatic N) is 5. The SMILES string of the molecule is CC(C)Cc1nc(-c2cnc(N3CCC(CCCOc4ccc(C(=O)NC[C@@H](C)O)c(F)c4)CC3)nc2)no1. The van der Waals surface area contributed by atoms with Crippen LogP contribution in [0.2, 0.25) is 0 Å². The second kappa shape index (κ2) is 13.5. The van der Waals surface area contributed by atoms with Gasteiger partial charge >= 0.3 is 0 Å². The van der Waals surface area contributed by atoms with Crippen LogP contribution >= 0.6 is 0 Å². The molecule has 0 radical (unpaired) electrons. The fraction of sp³-hybridized carbons (Fsp3) is 0.536. The number of piperidine rings is 1. The normalized spacial score (nSPS) is 15.0. The fourth-order valence-corrected chi connectivity index (χ4v) is 4.49. The van der Waals surface area contributed by atoms with Crippen molar-refractivity contribution in [2.24, 2.45) is 11.8 Å². The molecule has 1 fully saturated rings. The zero-order valence-electron chi connectivity index (χ0n) is 22.8. The van der Waals surface area contributed by atoms with Gasteiger partial charge in [0.25, 0.3) is 5.91 Å². The number of amides is 1. The maximum absolute atomic E-state index is 14.3. The van der Waals surface area contributed by atoms with Gasteiger partial charge in [0.15, 0.2) is 0 Å². The predicted octanol–water partition coefficient (Wildman–Crippen LogP) is 4.05. The van der Waals surface area contributed by atoms with E-state index in [2.05, 4.69) is 44.2 Å². The third kappa shape index (κ3) is 8.19. The van der Waals surface area contributed by atoms with Crippen LogP contribution < -0.4 is 15.0 Å². The summed E-state index contributed by atoms with van der Waals surface area (Å²) in [6, 6.07) is 4.22. The summed E-state index contributed by atoms with van der Waals surface area (Å²) < 4.78 is 25.3. The Morgan fingerprint density at radius 1 is 1.23 bits per heavy atom. The molecule has 3 aromatic rings. The van der Waals surface area contributed by atoms with E-state index in [-0.39, 0.29) is 12.1 Å². The van der Waals surface area contributed by atoms with Gasteiger partial charge in [-0.3, -0.25) is 4.79 Å². The molecule has 3 heterocycles. The predicted molar refractivity (Wildman–Crippen MR) is 144 cm³/mol. The molecule has 0 bridgehead atoms.